The number of ether oxygens (including phenoxy) is 4. The van der Waals surface area contributed by atoms with E-state index in [1.54, 1.807) is 0 Å². The van der Waals surface area contributed by atoms with E-state index in [0.717, 1.165) is 0 Å². The van der Waals surface area contributed by atoms with Gasteiger partial charge in [-0.05, 0) is 6.92 Å². The van der Waals surface area contributed by atoms with Crippen molar-refractivity contribution < 1.29 is 65.1 Å². The molecular formula is C15H29NO13. The lowest BCUT2D eigenvalue weighted by Gasteiger charge is -2.46. The number of hydroxylamine groups is 2. The van der Waals surface area contributed by atoms with Gasteiger partial charge < -0.3 is 59.9 Å². The van der Waals surface area contributed by atoms with Crippen molar-refractivity contribution in [1.29, 1.82) is 0 Å². The van der Waals surface area contributed by atoms with Crippen LogP contribution in [0.2, 0.25) is 0 Å². The summed E-state index contributed by atoms with van der Waals surface area (Å²) in [4.78, 5) is 0. The summed E-state index contributed by atoms with van der Waals surface area (Å²) in [7, 11) is 0. The first-order valence-corrected chi connectivity index (χ1v) is 9.06. The quantitative estimate of drug-likeness (QED) is 0.163. The van der Waals surface area contributed by atoms with E-state index in [1.807, 2.05) is 0 Å². The van der Waals surface area contributed by atoms with E-state index in [-0.39, 0.29) is 0 Å². The van der Waals surface area contributed by atoms with Gasteiger partial charge in [0.15, 0.2) is 12.6 Å². The van der Waals surface area contributed by atoms with Crippen LogP contribution in [0.4, 0.5) is 0 Å². The first-order chi connectivity index (χ1) is 13.6. The van der Waals surface area contributed by atoms with Gasteiger partial charge in [-0.15, -0.1) is 0 Å². The number of nitrogens with one attached hydrogen (secondary N) is 1. The Morgan fingerprint density at radius 1 is 0.862 bits per heavy atom. The molecule has 9 N–H and O–H groups in total. The zero-order chi connectivity index (χ0) is 21.9. The fourth-order valence-electron chi connectivity index (χ4n) is 3.18. The maximum atomic E-state index is 10.8. The molecule has 0 aliphatic carbocycles. The minimum atomic E-state index is -1.78. The first kappa shape index (κ1) is 24.7. The highest BCUT2D eigenvalue weighted by Gasteiger charge is 2.51. The van der Waals surface area contributed by atoms with Crippen LogP contribution in [0, 0.1) is 5.21 Å². The molecule has 0 aromatic rings. The minimum absolute atomic E-state index is 0.406. The molecule has 0 bridgehead atoms. The second-order valence-corrected chi connectivity index (χ2v) is 7.05. The van der Waals surface area contributed by atoms with Crippen molar-refractivity contribution in [2.24, 2.45) is 0 Å². The molecular weight excluding hydrogens is 402 g/mol. The van der Waals surface area contributed by atoms with Gasteiger partial charge >= 0.3 is 0 Å². The van der Waals surface area contributed by atoms with E-state index in [9.17, 15) is 41.0 Å². The predicted molar refractivity (Wildman–Crippen MR) is 87.9 cm³/mol. The summed E-state index contributed by atoms with van der Waals surface area (Å²) in [5, 5.41) is 87.7. The van der Waals surface area contributed by atoms with Gasteiger partial charge in [-0.2, -0.15) is 0 Å². The summed E-state index contributed by atoms with van der Waals surface area (Å²) in [6.07, 6.45) is -16.6. The molecule has 0 saturated carbocycles. The molecule has 2 saturated heterocycles. The van der Waals surface area contributed by atoms with Crippen LogP contribution in [0.1, 0.15) is 6.92 Å². The molecule has 0 spiro atoms. The molecule has 12 atom stereocenters. The summed E-state index contributed by atoms with van der Waals surface area (Å²) in [6.45, 7) is -0.398. The molecule has 2 aliphatic heterocycles. The Bertz CT molecular complexity index is 497. The predicted octanol–water partition coefficient (Wildman–Crippen LogP) is -6.21. The number of hydrogen-bond acceptors (Lipinski definition) is 13. The fourth-order valence-corrected chi connectivity index (χ4v) is 3.18. The Labute approximate surface area is 165 Å². The third-order valence-electron chi connectivity index (χ3n) is 4.79. The Hall–Kier alpha value is -0.560. The minimum Gasteiger partial charge on any atom is -0.600 e. The lowest BCUT2D eigenvalue weighted by atomic mass is 9.97. The summed E-state index contributed by atoms with van der Waals surface area (Å²) < 4.78 is 21.2. The van der Waals surface area contributed by atoms with Gasteiger partial charge in [-0.3, -0.25) is 0 Å². The highest BCUT2D eigenvalue weighted by atomic mass is 16.8. The molecule has 2 rings (SSSR count). The molecule has 12 unspecified atom stereocenters. The number of aliphatic hydroxyl groups excluding tert-OH is 7. The maximum Gasteiger partial charge on any atom is 0.187 e. The van der Waals surface area contributed by atoms with E-state index in [1.165, 1.54) is 6.92 Å². The Balaban J connectivity index is 2.13. The molecule has 14 heteroatoms. The lowest BCUT2D eigenvalue weighted by molar-refractivity contribution is -1.05. The second-order valence-electron chi connectivity index (χ2n) is 7.05. The summed E-state index contributed by atoms with van der Waals surface area (Å²) in [5.74, 6) is 0. The number of aliphatic hydroxyl groups is 7. The smallest absolute Gasteiger partial charge is 0.187 e. The third-order valence-corrected chi connectivity index (χ3v) is 4.79. The van der Waals surface area contributed by atoms with Crippen LogP contribution in [-0.2, 0) is 18.9 Å². The highest BCUT2D eigenvalue weighted by molar-refractivity contribution is 4.94. The fraction of sp³-hybridized carbons (Fsp3) is 1.00. The molecule has 0 radical (unpaired) electrons. The molecule has 2 fully saturated rings. The highest BCUT2D eigenvalue weighted by Crippen LogP contribution is 2.29. The van der Waals surface area contributed by atoms with Gasteiger partial charge in [-0.25, -0.2) is 10.4 Å². The van der Waals surface area contributed by atoms with Crippen LogP contribution in [0.5, 0.6) is 0 Å². The van der Waals surface area contributed by atoms with Gasteiger partial charge in [0, 0.05) is 0 Å². The number of hydrogen-bond donors (Lipinski definition) is 9. The van der Waals surface area contributed by atoms with Crippen LogP contribution in [-0.4, -0.2) is 128 Å². The van der Waals surface area contributed by atoms with E-state index in [2.05, 4.69) is 0 Å². The third kappa shape index (κ3) is 5.78. The average Bonchev–Trinajstić information content (AvgIpc) is 2.66. The molecule has 172 valence electrons. The molecule has 29 heavy (non-hydrogen) atoms. The topological polar surface area (TPSA) is 226 Å². The second kappa shape index (κ2) is 10.7. The van der Waals surface area contributed by atoms with Crippen molar-refractivity contribution >= 4 is 0 Å². The summed E-state index contributed by atoms with van der Waals surface area (Å²) in [6, 6.07) is 0. The first-order valence-electron chi connectivity index (χ1n) is 9.06. The van der Waals surface area contributed by atoms with Crippen molar-refractivity contribution in [3.8, 4) is 0 Å². The van der Waals surface area contributed by atoms with Gasteiger partial charge in [-0.1, -0.05) is 0 Å². The molecule has 14 nitrogen and oxygen atoms in total. The standard InChI is InChI=1S/C15H29NO13/c1-5(2-16(24)25)26-15-12(23)13(9(20)7(4-18)28-15)29-14-11(22)10(21)8(19)6(3-17)27-14/h5-24H,2-4H2,1H3. The van der Waals surface area contributed by atoms with E-state index >= 15 is 0 Å². The van der Waals surface area contributed by atoms with Crippen molar-refractivity contribution in [3.63, 3.8) is 0 Å². The van der Waals surface area contributed by atoms with E-state index < -0.39 is 92.5 Å². The van der Waals surface area contributed by atoms with Crippen molar-refractivity contribution in [2.45, 2.75) is 74.4 Å². The van der Waals surface area contributed by atoms with Crippen molar-refractivity contribution in [3.05, 3.63) is 5.21 Å². The molecule has 2 heterocycles. The number of rotatable bonds is 8. The average molecular weight is 431 g/mol. The number of quaternary nitrogens is 1. The maximum absolute atomic E-state index is 10.8. The SMILES string of the molecule is CC(C[NH+]([O-])O)OC1OC(CO)C(O)C(OC2OC(CO)C(O)C(O)C2O)C1O. The monoisotopic (exact) mass is 431 g/mol. The molecule has 0 aromatic heterocycles. The Morgan fingerprint density at radius 2 is 1.41 bits per heavy atom. The van der Waals surface area contributed by atoms with Crippen LogP contribution in [0.15, 0.2) is 0 Å². The lowest BCUT2D eigenvalue weighted by Crippen LogP contribution is -3.05. The van der Waals surface area contributed by atoms with Crippen LogP contribution >= 0.6 is 0 Å². The van der Waals surface area contributed by atoms with E-state index in [4.69, 9.17) is 24.2 Å². The van der Waals surface area contributed by atoms with Gasteiger partial charge in [0.2, 0.25) is 0 Å². The van der Waals surface area contributed by atoms with Crippen molar-refractivity contribution in [1.82, 2.24) is 0 Å². The van der Waals surface area contributed by atoms with E-state index in [0.29, 0.717) is 0 Å². The van der Waals surface area contributed by atoms with Crippen LogP contribution in [0.3, 0.4) is 0 Å². The van der Waals surface area contributed by atoms with Crippen LogP contribution < -0.4 is 5.23 Å². The Kier molecular flexibility index (Phi) is 9.07. The zero-order valence-electron chi connectivity index (χ0n) is 15.6. The molecule has 0 aromatic carbocycles. The van der Waals surface area contributed by atoms with Gasteiger partial charge in [0.05, 0.1) is 13.2 Å². The largest absolute Gasteiger partial charge is 0.600 e. The van der Waals surface area contributed by atoms with Crippen LogP contribution in [0.25, 0.3) is 0 Å². The van der Waals surface area contributed by atoms with Gasteiger partial charge in [0.25, 0.3) is 0 Å². The molecule has 2 aliphatic rings. The normalized spacial score (nSPS) is 45.7. The van der Waals surface area contributed by atoms with Crippen molar-refractivity contribution in [2.75, 3.05) is 19.8 Å². The zero-order valence-corrected chi connectivity index (χ0v) is 15.6. The summed E-state index contributed by atoms with van der Waals surface area (Å²) in [5.41, 5.74) is 0. The Morgan fingerprint density at radius 3 is 1.97 bits per heavy atom. The van der Waals surface area contributed by atoms with Gasteiger partial charge in [0.1, 0.15) is 61.5 Å². The summed E-state index contributed by atoms with van der Waals surface area (Å²) >= 11 is 0. The molecule has 0 amide bonds.